The maximum Gasteiger partial charge on any atom is 0.191 e. The summed E-state index contributed by atoms with van der Waals surface area (Å²) >= 11 is 0. The van der Waals surface area contributed by atoms with Gasteiger partial charge in [-0.1, -0.05) is 12.1 Å². The van der Waals surface area contributed by atoms with Crippen molar-refractivity contribution in [3.8, 4) is 0 Å². The largest absolute Gasteiger partial charge is 0.376 e. The summed E-state index contributed by atoms with van der Waals surface area (Å²) in [5, 5.41) is 6.47. The van der Waals surface area contributed by atoms with E-state index in [0.717, 1.165) is 31.6 Å². The molecule has 1 fully saturated rings. The molecule has 7 heteroatoms. The second-order valence-corrected chi connectivity index (χ2v) is 5.24. The number of methoxy groups -OCH3 is 1. The van der Waals surface area contributed by atoms with Crippen LogP contribution < -0.4 is 10.6 Å². The summed E-state index contributed by atoms with van der Waals surface area (Å²) < 4.78 is 24.0. The molecule has 2 N–H and O–H groups in total. The number of aliphatic imine (C=N–C) groups is 1. The number of ether oxygens (including phenoxy) is 2. The Balaban J connectivity index is 0.00000264. The molecule has 1 aromatic rings. The Kier molecular flexibility index (Phi) is 9.42. The van der Waals surface area contributed by atoms with E-state index in [1.54, 1.807) is 26.3 Å². The summed E-state index contributed by atoms with van der Waals surface area (Å²) in [6.07, 6.45) is 2.30. The molecule has 23 heavy (non-hydrogen) atoms. The van der Waals surface area contributed by atoms with Crippen molar-refractivity contribution in [3.63, 3.8) is 0 Å². The van der Waals surface area contributed by atoms with Crippen LogP contribution in [-0.4, -0.2) is 45.9 Å². The van der Waals surface area contributed by atoms with Crippen molar-refractivity contribution in [1.82, 2.24) is 10.6 Å². The van der Waals surface area contributed by atoms with Crippen molar-refractivity contribution in [2.75, 3.05) is 33.9 Å². The van der Waals surface area contributed by atoms with Gasteiger partial charge in [0.15, 0.2) is 5.96 Å². The number of nitrogens with zero attached hydrogens (tertiary/aromatic N) is 1. The highest BCUT2D eigenvalue weighted by Gasteiger charge is 2.16. The summed E-state index contributed by atoms with van der Waals surface area (Å²) in [5.74, 6) is 0.459. The van der Waals surface area contributed by atoms with Crippen molar-refractivity contribution in [1.29, 1.82) is 0 Å². The van der Waals surface area contributed by atoms with Crippen molar-refractivity contribution >= 4 is 29.9 Å². The molecular formula is C16H25FIN3O2. The Labute approximate surface area is 154 Å². The fourth-order valence-corrected chi connectivity index (χ4v) is 2.44. The van der Waals surface area contributed by atoms with Crippen LogP contribution >= 0.6 is 24.0 Å². The van der Waals surface area contributed by atoms with E-state index in [2.05, 4.69) is 15.6 Å². The van der Waals surface area contributed by atoms with Crippen LogP contribution in [0.5, 0.6) is 0 Å². The highest BCUT2D eigenvalue weighted by molar-refractivity contribution is 14.0. The van der Waals surface area contributed by atoms with E-state index >= 15 is 0 Å². The Morgan fingerprint density at radius 2 is 2.13 bits per heavy atom. The molecule has 1 aliphatic heterocycles. The van der Waals surface area contributed by atoms with Gasteiger partial charge in [0.05, 0.1) is 12.2 Å². The molecule has 2 atom stereocenters. The molecule has 0 bridgehead atoms. The average Bonchev–Trinajstić information content (AvgIpc) is 3.05. The van der Waals surface area contributed by atoms with Gasteiger partial charge >= 0.3 is 0 Å². The second-order valence-electron chi connectivity index (χ2n) is 5.24. The number of hydrogen-bond donors (Lipinski definition) is 2. The van der Waals surface area contributed by atoms with Gasteiger partial charge in [0.2, 0.25) is 0 Å². The van der Waals surface area contributed by atoms with Gasteiger partial charge in [-0.25, -0.2) is 4.39 Å². The molecule has 0 aliphatic carbocycles. The molecule has 0 aromatic heterocycles. The van der Waals surface area contributed by atoms with Gasteiger partial charge in [-0.15, -0.1) is 24.0 Å². The van der Waals surface area contributed by atoms with Crippen LogP contribution in [0.1, 0.15) is 24.5 Å². The van der Waals surface area contributed by atoms with Gasteiger partial charge in [0.25, 0.3) is 0 Å². The summed E-state index contributed by atoms with van der Waals surface area (Å²) in [7, 11) is 3.36. The van der Waals surface area contributed by atoms with E-state index in [1.165, 1.54) is 12.1 Å². The zero-order valence-electron chi connectivity index (χ0n) is 13.5. The van der Waals surface area contributed by atoms with E-state index in [1.807, 2.05) is 0 Å². The summed E-state index contributed by atoms with van der Waals surface area (Å²) in [5.41, 5.74) is 0.922. The van der Waals surface area contributed by atoms with E-state index < -0.39 is 0 Å². The third-order valence-corrected chi connectivity index (χ3v) is 3.73. The van der Waals surface area contributed by atoms with Gasteiger partial charge in [-0.05, 0) is 30.5 Å². The highest BCUT2D eigenvalue weighted by Crippen LogP contribution is 2.16. The van der Waals surface area contributed by atoms with Gasteiger partial charge in [-0.2, -0.15) is 0 Å². The zero-order valence-corrected chi connectivity index (χ0v) is 15.9. The molecule has 0 radical (unpaired) electrons. The lowest BCUT2D eigenvalue weighted by molar-refractivity contribution is 0.105. The topological polar surface area (TPSA) is 54.9 Å². The van der Waals surface area contributed by atoms with Crippen LogP contribution in [0, 0.1) is 5.82 Å². The Bertz CT molecular complexity index is 479. The molecule has 0 saturated carbocycles. The van der Waals surface area contributed by atoms with Crippen LogP contribution in [0.2, 0.25) is 0 Å². The lowest BCUT2D eigenvalue weighted by atomic mass is 10.1. The smallest absolute Gasteiger partial charge is 0.191 e. The second kappa shape index (κ2) is 10.8. The van der Waals surface area contributed by atoms with E-state index in [-0.39, 0.29) is 42.0 Å². The third-order valence-electron chi connectivity index (χ3n) is 3.73. The lowest BCUT2D eigenvalue weighted by Gasteiger charge is -2.19. The maximum atomic E-state index is 13.0. The molecule has 1 heterocycles. The molecule has 2 unspecified atom stereocenters. The first-order chi connectivity index (χ1) is 10.7. The van der Waals surface area contributed by atoms with Crippen LogP contribution in [-0.2, 0) is 9.47 Å². The van der Waals surface area contributed by atoms with E-state index in [0.29, 0.717) is 12.5 Å². The lowest BCUT2D eigenvalue weighted by Crippen LogP contribution is -2.42. The monoisotopic (exact) mass is 437 g/mol. The van der Waals surface area contributed by atoms with Crippen molar-refractivity contribution in [3.05, 3.63) is 35.6 Å². The standard InChI is InChI=1S/C16H24FN3O2.HI/c1-18-16(19-10-14-4-3-9-22-14)20-11-15(21-2)12-5-7-13(17)8-6-12;/h5-8,14-15H,3-4,9-11H2,1-2H3,(H2,18,19,20);1H. The summed E-state index contributed by atoms with van der Waals surface area (Å²) in [4.78, 5) is 4.19. The number of hydrogen-bond acceptors (Lipinski definition) is 3. The van der Waals surface area contributed by atoms with Crippen molar-refractivity contribution < 1.29 is 13.9 Å². The van der Waals surface area contributed by atoms with Gasteiger partial charge in [-0.3, -0.25) is 4.99 Å². The number of guanidine groups is 1. The molecule has 2 rings (SSSR count). The minimum Gasteiger partial charge on any atom is -0.376 e. The molecule has 1 saturated heterocycles. The zero-order chi connectivity index (χ0) is 15.8. The number of rotatable bonds is 6. The minimum absolute atomic E-state index is 0. The normalized spacial score (nSPS) is 19.1. The number of halogens is 2. The van der Waals surface area contributed by atoms with Crippen LogP contribution in [0.3, 0.4) is 0 Å². The quantitative estimate of drug-likeness (QED) is 0.408. The molecular weight excluding hydrogens is 412 g/mol. The molecule has 0 amide bonds. The Morgan fingerprint density at radius 3 is 2.70 bits per heavy atom. The molecule has 0 spiro atoms. The number of benzene rings is 1. The Hall–Kier alpha value is -0.930. The van der Waals surface area contributed by atoms with Gasteiger partial charge in [0, 0.05) is 33.9 Å². The number of nitrogens with one attached hydrogen (secondary N) is 2. The molecule has 1 aromatic carbocycles. The predicted octanol–water partition coefficient (Wildman–Crippen LogP) is 2.48. The van der Waals surface area contributed by atoms with Crippen LogP contribution in [0.15, 0.2) is 29.3 Å². The molecule has 5 nitrogen and oxygen atoms in total. The first kappa shape index (κ1) is 20.1. The predicted molar refractivity (Wildman–Crippen MR) is 99.9 cm³/mol. The Morgan fingerprint density at radius 1 is 1.39 bits per heavy atom. The third kappa shape index (κ3) is 6.60. The fourth-order valence-electron chi connectivity index (χ4n) is 2.44. The first-order valence-corrected chi connectivity index (χ1v) is 7.57. The van der Waals surface area contributed by atoms with E-state index in [4.69, 9.17) is 9.47 Å². The minimum atomic E-state index is -0.249. The SMILES string of the molecule is CN=C(NCC1CCCO1)NCC(OC)c1ccc(F)cc1.I. The fraction of sp³-hybridized carbons (Fsp3) is 0.562. The summed E-state index contributed by atoms with van der Waals surface area (Å²) in [6.45, 7) is 2.13. The van der Waals surface area contributed by atoms with E-state index in [9.17, 15) is 4.39 Å². The molecule has 1 aliphatic rings. The summed E-state index contributed by atoms with van der Waals surface area (Å²) in [6, 6.07) is 6.33. The van der Waals surface area contributed by atoms with Crippen molar-refractivity contribution in [2.24, 2.45) is 4.99 Å². The maximum absolute atomic E-state index is 13.0. The van der Waals surface area contributed by atoms with Gasteiger partial charge in [0.1, 0.15) is 5.82 Å². The molecule has 130 valence electrons. The first-order valence-electron chi connectivity index (χ1n) is 7.57. The van der Waals surface area contributed by atoms with Crippen molar-refractivity contribution in [2.45, 2.75) is 25.0 Å². The average molecular weight is 437 g/mol. The van der Waals surface area contributed by atoms with Gasteiger partial charge < -0.3 is 20.1 Å². The van der Waals surface area contributed by atoms with Crippen LogP contribution in [0.25, 0.3) is 0 Å². The highest BCUT2D eigenvalue weighted by atomic mass is 127. The van der Waals surface area contributed by atoms with Crippen LogP contribution in [0.4, 0.5) is 4.39 Å².